The fraction of sp³-hybridized carbons (Fsp3) is 0.733. The normalized spacial score (nSPS) is 44.9. The Balaban J connectivity index is 1.79. The standard InChI is InChI=1S/C15H22/c1-11-10-15(12-6-2-3-7-12)14-9-5-4-8-13(11)14/h4-5,8-9,11-15H,2-3,6-7,10H2,1H3. The predicted octanol–water partition coefficient (Wildman–Crippen LogP) is 4.19. The van der Waals surface area contributed by atoms with E-state index in [0.717, 1.165) is 29.6 Å². The molecule has 0 nitrogen and oxygen atoms in total. The minimum atomic E-state index is 0.862. The minimum absolute atomic E-state index is 0.862. The number of rotatable bonds is 1. The lowest BCUT2D eigenvalue weighted by Gasteiger charge is -2.26. The van der Waals surface area contributed by atoms with E-state index in [9.17, 15) is 0 Å². The summed E-state index contributed by atoms with van der Waals surface area (Å²) in [6.45, 7) is 2.45. The van der Waals surface area contributed by atoms with Gasteiger partial charge in [0.15, 0.2) is 0 Å². The third-order valence-electron chi connectivity index (χ3n) is 5.02. The van der Waals surface area contributed by atoms with Crippen LogP contribution in [0.4, 0.5) is 0 Å². The van der Waals surface area contributed by atoms with Gasteiger partial charge in [0, 0.05) is 0 Å². The van der Waals surface area contributed by atoms with E-state index in [-0.39, 0.29) is 0 Å². The fourth-order valence-corrected chi connectivity index (χ4v) is 4.27. The minimum Gasteiger partial charge on any atom is -0.0806 e. The van der Waals surface area contributed by atoms with Crippen molar-refractivity contribution < 1.29 is 0 Å². The lowest BCUT2D eigenvalue weighted by atomic mass is 9.78. The second-order valence-electron chi connectivity index (χ2n) is 5.85. The molecule has 0 heteroatoms. The maximum Gasteiger partial charge on any atom is -0.0134 e. The van der Waals surface area contributed by atoms with Crippen LogP contribution >= 0.6 is 0 Å². The highest BCUT2D eigenvalue weighted by Gasteiger charge is 2.42. The van der Waals surface area contributed by atoms with Crippen LogP contribution in [0.2, 0.25) is 0 Å². The highest BCUT2D eigenvalue weighted by molar-refractivity contribution is 5.19. The summed E-state index contributed by atoms with van der Waals surface area (Å²) in [4.78, 5) is 0. The van der Waals surface area contributed by atoms with Gasteiger partial charge >= 0.3 is 0 Å². The van der Waals surface area contributed by atoms with E-state index in [4.69, 9.17) is 0 Å². The Morgan fingerprint density at radius 2 is 1.60 bits per heavy atom. The topological polar surface area (TPSA) is 0 Å². The highest BCUT2D eigenvalue weighted by Crippen LogP contribution is 2.51. The van der Waals surface area contributed by atoms with Crippen molar-refractivity contribution in [2.24, 2.45) is 29.6 Å². The van der Waals surface area contributed by atoms with Crippen molar-refractivity contribution in [1.29, 1.82) is 0 Å². The molecule has 15 heavy (non-hydrogen) atoms. The molecule has 0 saturated heterocycles. The lowest BCUT2D eigenvalue weighted by molar-refractivity contribution is 0.285. The van der Waals surface area contributed by atoms with E-state index in [1.54, 1.807) is 0 Å². The van der Waals surface area contributed by atoms with Crippen molar-refractivity contribution >= 4 is 0 Å². The molecule has 2 saturated carbocycles. The Bertz CT molecular complexity index is 280. The molecule has 0 spiro atoms. The third-order valence-corrected chi connectivity index (χ3v) is 5.02. The summed E-state index contributed by atoms with van der Waals surface area (Å²) >= 11 is 0. The van der Waals surface area contributed by atoms with Gasteiger partial charge in [0.25, 0.3) is 0 Å². The monoisotopic (exact) mass is 202 g/mol. The Morgan fingerprint density at radius 3 is 2.33 bits per heavy atom. The lowest BCUT2D eigenvalue weighted by Crippen LogP contribution is -2.19. The van der Waals surface area contributed by atoms with Crippen LogP contribution in [0.3, 0.4) is 0 Å². The summed E-state index contributed by atoms with van der Waals surface area (Å²) in [5.41, 5.74) is 0. The zero-order valence-electron chi connectivity index (χ0n) is 9.73. The van der Waals surface area contributed by atoms with Crippen molar-refractivity contribution in [1.82, 2.24) is 0 Å². The predicted molar refractivity (Wildman–Crippen MR) is 64.5 cm³/mol. The Hall–Kier alpha value is -0.520. The van der Waals surface area contributed by atoms with Crippen molar-refractivity contribution in [3.63, 3.8) is 0 Å². The molecule has 3 aliphatic rings. The van der Waals surface area contributed by atoms with Gasteiger partial charge in [-0.1, -0.05) is 56.9 Å². The van der Waals surface area contributed by atoms with Gasteiger partial charge in [0.05, 0.1) is 0 Å². The molecule has 0 aromatic rings. The SMILES string of the molecule is CC1CC(C2CCCC2)C2C=CC=CC12. The van der Waals surface area contributed by atoms with Crippen LogP contribution in [0.15, 0.2) is 24.3 Å². The molecular weight excluding hydrogens is 180 g/mol. The molecule has 0 aliphatic heterocycles. The molecule has 2 fully saturated rings. The van der Waals surface area contributed by atoms with E-state index >= 15 is 0 Å². The molecule has 0 N–H and O–H groups in total. The van der Waals surface area contributed by atoms with Gasteiger partial charge < -0.3 is 0 Å². The molecule has 4 atom stereocenters. The second-order valence-corrected chi connectivity index (χ2v) is 5.85. The van der Waals surface area contributed by atoms with Crippen LogP contribution in [-0.4, -0.2) is 0 Å². The van der Waals surface area contributed by atoms with Crippen molar-refractivity contribution in [2.45, 2.75) is 39.0 Å². The second kappa shape index (κ2) is 3.81. The van der Waals surface area contributed by atoms with Crippen LogP contribution in [0, 0.1) is 29.6 Å². The molecule has 0 amide bonds. The Kier molecular flexibility index (Phi) is 2.46. The van der Waals surface area contributed by atoms with E-state index in [0.29, 0.717) is 0 Å². The molecule has 0 aromatic heterocycles. The Morgan fingerprint density at radius 1 is 0.933 bits per heavy atom. The quantitative estimate of drug-likeness (QED) is 0.598. The van der Waals surface area contributed by atoms with Gasteiger partial charge in [-0.05, 0) is 36.0 Å². The summed E-state index contributed by atoms with van der Waals surface area (Å²) in [5.74, 6) is 4.72. The van der Waals surface area contributed by atoms with Gasteiger partial charge in [0.2, 0.25) is 0 Å². The molecule has 3 rings (SSSR count). The molecule has 3 aliphatic carbocycles. The summed E-state index contributed by atoms with van der Waals surface area (Å²) in [5, 5.41) is 0. The largest absolute Gasteiger partial charge is 0.0806 e. The van der Waals surface area contributed by atoms with E-state index < -0.39 is 0 Å². The molecule has 82 valence electrons. The van der Waals surface area contributed by atoms with E-state index in [1.165, 1.54) is 32.1 Å². The molecule has 0 bridgehead atoms. The van der Waals surface area contributed by atoms with Crippen molar-refractivity contribution in [3.8, 4) is 0 Å². The molecule has 0 radical (unpaired) electrons. The molecule has 4 unspecified atom stereocenters. The number of allylic oxidation sites excluding steroid dienone is 4. The van der Waals surface area contributed by atoms with Gasteiger partial charge in [0.1, 0.15) is 0 Å². The van der Waals surface area contributed by atoms with Gasteiger partial charge in [-0.2, -0.15) is 0 Å². The van der Waals surface area contributed by atoms with Crippen molar-refractivity contribution in [2.75, 3.05) is 0 Å². The van der Waals surface area contributed by atoms with Crippen molar-refractivity contribution in [3.05, 3.63) is 24.3 Å². The zero-order chi connectivity index (χ0) is 10.3. The summed E-state index contributed by atoms with van der Waals surface area (Å²) in [7, 11) is 0. The summed E-state index contributed by atoms with van der Waals surface area (Å²) < 4.78 is 0. The molecule has 0 heterocycles. The van der Waals surface area contributed by atoms with Crippen LogP contribution in [0.1, 0.15) is 39.0 Å². The first-order chi connectivity index (χ1) is 7.36. The summed E-state index contributed by atoms with van der Waals surface area (Å²) in [6, 6.07) is 0. The van der Waals surface area contributed by atoms with Gasteiger partial charge in [-0.25, -0.2) is 0 Å². The average molecular weight is 202 g/mol. The molecule has 0 aromatic carbocycles. The Labute approximate surface area is 93.5 Å². The third kappa shape index (κ3) is 1.58. The maximum absolute atomic E-state index is 2.50. The number of hydrogen-bond donors (Lipinski definition) is 0. The summed E-state index contributed by atoms with van der Waals surface area (Å²) in [6.07, 6.45) is 17.0. The zero-order valence-corrected chi connectivity index (χ0v) is 9.73. The first-order valence-electron chi connectivity index (χ1n) is 6.71. The van der Waals surface area contributed by atoms with E-state index in [1.807, 2.05) is 0 Å². The first-order valence-corrected chi connectivity index (χ1v) is 6.71. The maximum atomic E-state index is 2.50. The average Bonchev–Trinajstić information content (AvgIpc) is 2.87. The van der Waals surface area contributed by atoms with Crippen LogP contribution in [-0.2, 0) is 0 Å². The fourth-order valence-electron chi connectivity index (χ4n) is 4.27. The highest BCUT2D eigenvalue weighted by atomic mass is 14.5. The van der Waals surface area contributed by atoms with Crippen LogP contribution in [0.5, 0.6) is 0 Å². The number of hydrogen-bond acceptors (Lipinski definition) is 0. The van der Waals surface area contributed by atoms with Crippen LogP contribution in [0.25, 0.3) is 0 Å². The number of fused-ring (bicyclic) bond motifs is 1. The van der Waals surface area contributed by atoms with Crippen LogP contribution < -0.4 is 0 Å². The van der Waals surface area contributed by atoms with Gasteiger partial charge in [-0.3, -0.25) is 0 Å². The van der Waals surface area contributed by atoms with Gasteiger partial charge in [-0.15, -0.1) is 0 Å². The first kappa shape index (κ1) is 9.69. The molecular formula is C15H22. The van der Waals surface area contributed by atoms with E-state index in [2.05, 4.69) is 31.2 Å². The smallest absolute Gasteiger partial charge is 0.0134 e.